The average Bonchev–Trinajstić information content (AvgIpc) is 2.34. The molecule has 0 saturated carbocycles. The third-order valence-electron chi connectivity index (χ3n) is 3.00. The number of benzene rings is 1. The number of anilines is 1. The summed E-state index contributed by atoms with van der Waals surface area (Å²) < 4.78 is 1.85. The molecule has 1 aromatic heterocycles. The van der Waals surface area contributed by atoms with Crippen LogP contribution in [0.15, 0.2) is 27.1 Å². The molecule has 0 saturated heterocycles. The van der Waals surface area contributed by atoms with E-state index in [1.54, 1.807) is 0 Å². The molecule has 20 heavy (non-hydrogen) atoms. The van der Waals surface area contributed by atoms with Gasteiger partial charge in [0.15, 0.2) is 5.82 Å². The fourth-order valence-electron chi connectivity index (χ4n) is 1.87. The summed E-state index contributed by atoms with van der Waals surface area (Å²) in [5.41, 5.74) is 8.94. The maximum atomic E-state index is 6.02. The zero-order valence-electron chi connectivity index (χ0n) is 12.0. The molecule has 0 unspecified atom stereocenters. The SMILES string of the molecule is Cc1cc(-c2nc(N)c(Br)c(C(C)(C)C)n2)ccc1Br. The molecule has 2 N–H and O–H groups in total. The third-order valence-corrected chi connectivity index (χ3v) is 4.67. The van der Waals surface area contributed by atoms with Gasteiger partial charge in [0.25, 0.3) is 0 Å². The zero-order chi connectivity index (χ0) is 15.1. The van der Waals surface area contributed by atoms with Crippen LogP contribution in [0.4, 0.5) is 5.82 Å². The molecule has 0 fully saturated rings. The lowest BCUT2D eigenvalue weighted by Crippen LogP contribution is -2.17. The van der Waals surface area contributed by atoms with Crippen LogP contribution in [0.1, 0.15) is 32.0 Å². The van der Waals surface area contributed by atoms with E-state index in [1.807, 2.05) is 19.1 Å². The quantitative estimate of drug-likeness (QED) is 0.746. The second-order valence-corrected chi connectivity index (χ2v) is 7.46. The van der Waals surface area contributed by atoms with Crippen LogP contribution in [0.25, 0.3) is 11.4 Å². The molecule has 2 aromatic rings. The van der Waals surface area contributed by atoms with Gasteiger partial charge in [-0.3, -0.25) is 0 Å². The lowest BCUT2D eigenvalue weighted by Gasteiger charge is -2.21. The van der Waals surface area contributed by atoms with Crippen molar-refractivity contribution in [3.63, 3.8) is 0 Å². The molecule has 2 rings (SSSR count). The summed E-state index contributed by atoms with van der Waals surface area (Å²) in [5, 5.41) is 0. The molecule has 1 aromatic carbocycles. The Morgan fingerprint density at radius 3 is 2.30 bits per heavy atom. The van der Waals surface area contributed by atoms with Crippen molar-refractivity contribution in [3.8, 4) is 11.4 Å². The minimum absolute atomic E-state index is 0.102. The molecular formula is C15H17Br2N3. The van der Waals surface area contributed by atoms with Crippen LogP contribution < -0.4 is 5.73 Å². The van der Waals surface area contributed by atoms with Gasteiger partial charge in [0.2, 0.25) is 0 Å². The van der Waals surface area contributed by atoms with E-state index in [0.717, 1.165) is 25.8 Å². The molecule has 1 heterocycles. The number of nitrogen functional groups attached to an aromatic ring is 1. The molecule has 0 amide bonds. The van der Waals surface area contributed by atoms with Gasteiger partial charge >= 0.3 is 0 Å². The first-order chi connectivity index (χ1) is 9.20. The number of halogens is 2. The Morgan fingerprint density at radius 2 is 1.75 bits per heavy atom. The predicted octanol–water partition coefficient (Wildman–Crippen LogP) is 4.86. The molecule has 106 valence electrons. The normalized spacial score (nSPS) is 11.7. The Balaban J connectivity index is 2.63. The van der Waals surface area contributed by atoms with Crippen molar-refractivity contribution in [1.82, 2.24) is 9.97 Å². The van der Waals surface area contributed by atoms with E-state index in [-0.39, 0.29) is 5.41 Å². The molecule has 5 heteroatoms. The number of aryl methyl sites for hydroxylation is 1. The van der Waals surface area contributed by atoms with Gasteiger partial charge in [0.05, 0.1) is 10.2 Å². The molecule has 0 bridgehead atoms. The van der Waals surface area contributed by atoms with Crippen molar-refractivity contribution in [1.29, 1.82) is 0 Å². The molecule has 0 atom stereocenters. The van der Waals surface area contributed by atoms with Crippen LogP contribution >= 0.6 is 31.9 Å². The van der Waals surface area contributed by atoms with Gasteiger partial charge in [-0.05, 0) is 40.5 Å². The fourth-order valence-corrected chi connectivity index (χ4v) is 2.89. The monoisotopic (exact) mass is 397 g/mol. The number of hydrogen-bond donors (Lipinski definition) is 1. The van der Waals surface area contributed by atoms with Crippen LogP contribution in [0.3, 0.4) is 0 Å². The minimum atomic E-state index is -0.102. The maximum absolute atomic E-state index is 6.02. The van der Waals surface area contributed by atoms with E-state index in [9.17, 15) is 0 Å². The van der Waals surface area contributed by atoms with Crippen LogP contribution in [0.5, 0.6) is 0 Å². The number of nitrogens with two attached hydrogens (primary N) is 1. The Kier molecular flexibility index (Phi) is 4.21. The number of aromatic nitrogens is 2. The Hall–Kier alpha value is -0.940. The minimum Gasteiger partial charge on any atom is -0.383 e. The summed E-state index contributed by atoms with van der Waals surface area (Å²) in [4.78, 5) is 9.08. The van der Waals surface area contributed by atoms with Gasteiger partial charge in [0.1, 0.15) is 5.82 Å². The lowest BCUT2D eigenvalue weighted by atomic mass is 9.91. The Bertz CT molecular complexity index is 661. The summed E-state index contributed by atoms with van der Waals surface area (Å²) >= 11 is 6.99. The van der Waals surface area contributed by atoms with Crippen LogP contribution in [0.2, 0.25) is 0 Å². The highest BCUT2D eigenvalue weighted by Gasteiger charge is 2.22. The number of rotatable bonds is 1. The van der Waals surface area contributed by atoms with Gasteiger partial charge in [-0.15, -0.1) is 0 Å². The van der Waals surface area contributed by atoms with Gasteiger partial charge in [0, 0.05) is 15.5 Å². The lowest BCUT2D eigenvalue weighted by molar-refractivity contribution is 0.565. The first-order valence-electron chi connectivity index (χ1n) is 6.30. The topological polar surface area (TPSA) is 51.8 Å². The van der Waals surface area contributed by atoms with Crippen molar-refractivity contribution in [2.24, 2.45) is 0 Å². The number of hydrogen-bond acceptors (Lipinski definition) is 3. The Morgan fingerprint density at radius 1 is 1.10 bits per heavy atom. The third kappa shape index (κ3) is 3.04. The number of nitrogens with zero attached hydrogens (tertiary/aromatic N) is 2. The largest absolute Gasteiger partial charge is 0.383 e. The Labute approximate surface area is 136 Å². The molecule has 0 spiro atoms. The van der Waals surface area contributed by atoms with Gasteiger partial charge in [-0.1, -0.05) is 42.8 Å². The summed E-state index contributed by atoms with van der Waals surface area (Å²) in [6, 6.07) is 6.05. The van der Waals surface area contributed by atoms with E-state index in [2.05, 4.69) is 63.7 Å². The van der Waals surface area contributed by atoms with Crippen LogP contribution in [-0.4, -0.2) is 9.97 Å². The molecule has 0 aliphatic rings. The standard InChI is InChI=1S/C15H17Br2N3/c1-8-7-9(5-6-10(8)16)14-19-12(15(2,3)4)11(17)13(18)20-14/h5-7H,1-4H3,(H2,18,19,20). The van der Waals surface area contributed by atoms with E-state index >= 15 is 0 Å². The van der Waals surface area contributed by atoms with Crippen molar-refractivity contribution in [2.45, 2.75) is 33.1 Å². The van der Waals surface area contributed by atoms with Crippen molar-refractivity contribution < 1.29 is 0 Å². The molecule has 0 aliphatic heterocycles. The zero-order valence-corrected chi connectivity index (χ0v) is 15.1. The van der Waals surface area contributed by atoms with Gasteiger partial charge in [-0.25, -0.2) is 9.97 Å². The summed E-state index contributed by atoms with van der Waals surface area (Å²) in [6.45, 7) is 8.36. The van der Waals surface area contributed by atoms with E-state index in [0.29, 0.717) is 11.6 Å². The summed E-state index contributed by atoms with van der Waals surface area (Å²) in [5.74, 6) is 1.13. The van der Waals surface area contributed by atoms with Gasteiger partial charge < -0.3 is 5.73 Å². The molecule has 0 aliphatic carbocycles. The van der Waals surface area contributed by atoms with Gasteiger partial charge in [-0.2, -0.15) is 0 Å². The molecule has 0 radical (unpaired) electrons. The van der Waals surface area contributed by atoms with E-state index < -0.39 is 0 Å². The first-order valence-corrected chi connectivity index (χ1v) is 7.89. The predicted molar refractivity (Wildman–Crippen MR) is 90.7 cm³/mol. The molecule has 3 nitrogen and oxygen atoms in total. The highest BCUT2D eigenvalue weighted by atomic mass is 79.9. The van der Waals surface area contributed by atoms with Crippen molar-refractivity contribution in [3.05, 3.63) is 38.4 Å². The van der Waals surface area contributed by atoms with Crippen molar-refractivity contribution >= 4 is 37.7 Å². The smallest absolute Gasteiger partial charge is 0.161 e. The summed E-state index contributed by atoms with van der Waals surface area (Å²) in [7, 11) is 0. The fraction of sp³-hybridized carbons (Fsp3) is 0.333. The average molecular weight is 399 g/mol. The molecular weight excluding hydrogens is 382 g/mol. The highest BCUT2D eigenvalue weighted by molar-refractivity contribution is 9.11. The highest BCUT2D eigenvalue weighted by Crippen LogP contribution is 2.33. The summed E-state index contributed by atoms with van der Waals surface area (Å²) in [6.07, 6.45) is 0. The maximum Gasteiger partial charge on any atom is 0.161 e. The van der Waals surface area contributed by atoms with Crippen LogP contribution in [-0.2, 0) is 5.41 Å². The second kappa shape index (κ2) is 5.45. The second-order valence-electron chi connectivity index (χ2n) is 5.81. The van der Waals surface area contributed by atoms with Crippen molar-refractivity contribution in [2.75, 3.05) is 5.73 Å². The first kappa shape index (κ1) is 15.4. The van der Waals surface area contributed by atoms with E-state index in [4.69, 9.17) is 10.7 Å². The van der Waals surface area contributed by atoms with E-state index in [1.165, 1.54) is 0 Å². The van der Waals surface area contributed by atoms with Crippen LogP contribution in [0, 0.1) is 6.92 Å².